The summed E-state index contributed by atoms with van der Waals surface area (Å²) in [5, 5.41) is 131. The Kier molecular flexibility index (Phi) is 6980. The summed E-state index contributed by atoms with van der Waals surface area (Å²) in [6, 6.07) is 0. The van der Waals surface area contributed by atoms with E-state index in [1.54, 1.807) is 0 Å². The molecule has 0 atom stereocenters. The topological polar surface area (TPSA) is 543 Å². The van der Waals surface area contributed by atoms with E-state index >= 15 is 0 Å². The summed E-state index contributed by atoms with van der Waals surface area (Å²) in [5.74, 6) is 0. The van der Waals surface area contributed by atoms with E-state index in [4.69, 9.17) is 125 Å². The van der Waals surface area contributed by atoms with Gasteiger partial charge in [0.1, 0.15) is 6.79 Å². The van der Waals surface area contributed by atoms with Gasteiger partial charge in [0, 0.05) is 478 Å². The van der Waals surface area contributed by atoms with Crippen LogP contribution in [-0.2, 0) is 542 Å². The molecule has 58 heavy (non-hydrogen) atoms. The van der Waals surface area contributed by atoms with Gasteiger partial charge in [0.15, 0.2) is 0 Å². The van der Waals surface area contributed by atoms with Gasteiger partial charge in [0.05, 0.1) is 7.11 Å². The normalized spacial score (nSPS) is 1.81. The number of carbonyl (C=O) groups excluding carboxylic acids is 1. The van der Waals surface area contributed by atoms with E-state index in [2.05, 4.69) is 9.93 Å². The molecule has 0 unspecified atom stereocenters. The summed E-state index contributed by atoms with van der Waals surface area (Å²) in [5.41, 5.74) is 0. The van der Waals surface area contributed by atoms with E-state index in [0.29, 0.717) is 0 Å². The molecule has 0 aliphatic heterocycles. The molecule has 0 saturated heterocycles. The maximum atomic E-state index is 8.50. The van der Waals surface area contributed by atoms with Gasteiger partial charge >= 0.3 is 52.3 Å². The van der Waals surface area contributed by atoms with E-state index in [-0.39, 0.29) is 516 Å². The molecule has 52 heteroatoms. The Morgan fingerprint density at radius 1 is 0.362 bits per heavy atom. The van der Waals surface area contributed by atoms with Crippen LogP contribution in [0.4, 0.5) is 0 Å². The Labute approximate surface area is 689 Å². The third-order valence-corrected chi connectivity index (χ3v) is 0. The SMILES string of the molecule is C.C.C.C=O.COO.O.OO.OO.OO.OO.OO.OO.OO.OO.OO.OOO.[CH3-].[H+].[H+].[O]=[Ti].[O]=[Ti]=[O].[Ti].[Ti].[Ti].[Ti].[Ti].[Ti].[Ti].[Ti].[Ti].[Ti].[Ti].[Ti].[Ti].[Ti].[Ti].[Ti].[Ti].[Ti].[Ti].[Ti].[Ti].[Ti]. The summed E-state index contributed by atoms with van der Waals surface area (Å²) in [4.78, 5) is 11.2. The van der Waals surface area contributed by atoms with E-state index in [9.17, 15) is 0 Å². The molecule has 0 saturated carbocycles. The molecule has 23 N–H and O–H groups in total. The van der Waals surface area contributed by atoms with E-state index in [1.165, 1.54) is 7.11 Å². The molecular formula is C6H45O28Ti24+. The van der Waals surface area contributed by atoms with Crippen LogP contribution in [0.5, 0.6) is 0 Å². The molecule has 0 aromatic carbocycles. The zero-order chi connectivity index (χ0) is 30.1. The largest absolute Gasteiger partial charge is 0 e. The minimum atomic E-state index is -2.00. The molecule has 0 bridgehead atoms. The molecule has 332 valence electrons. The molecule has 0 rings (SSSR count). The number of hydrogen-bond donors (Lipinski definition) is 21. The van der Waals surface area contributed by atoms with Crippen molar-refractivity contribution in [1.82, 2.24) is 0 Å². The van der Waals surface area contributed by atoms with Gasteiger partial charge in [-0.2, -0.15) is 0 Å². The predicted molar refractivity (Wildman–Crippen MR) is 105 cm³/mol. The molecule has 28 nitrogen and oxygen atoms in total. The van der Waals surface area contributed by atoms with Crippen LogP contribution in [0, 0.1) is 7.43 Å². The summed E-state index contributed by atoms with van der Waals surface area (Å²) in [6.45, 7) is 2.00. The first-order valence-corrected chi connectivity index (χ1v) is 5.57. The molecule has 0 aromatic rings. The van der Waals surface area contributed by atoms with Crippen LogP contribution >= 0.6 is 0 Å². The number of hydrogen-bond acceptors (Lipinski definition) is 27. The first-order valence-electron chi connectivity index (χ1n) is 3.66. The van der Waals surface area contributed by atoms with Crippen molar-refractivity contribution in [2.75, 3.05) is 7.11 Å². The maximum Gasteiger partial charge on any atom is 0 e. The van der Waals surface area contributed by atoms with Gasteiger partial charge in [-0.3, -0.25) is 99.9 Å². The van der Waals surface area contributed by atoms with Crippen molar-refractivity contribution in [3.8, 4) is 0 Å². The van der Waals surface area contributed by atoms with Gasteiger partial charge in [-0.25, -0.2) is 15.4 Å². The first kappa shape index (κ1) is 368. The smallest absolute Gasteiger partial charge is 0 e. The minimum Gasteiger partial charge on any atom is 0 e. The Morgan fingerprint density at radius 3 is 0.362 bits per heavy atom. The van der Waals surface area contributed by atoms with Crippen LogP contribution < -0.4 is 0 Å². The van der Waals surface area contributed by atoms with E-state index < -0.39 is 19.1 Å². The zero-order valence-corrected chi connectivity index (χ0v) is 64.5. The Hall–Kier alpha value is 15.3. The first-order chi connectivity index (χ1) is 15.2. The average molecular weight is 1710 g/mol. The third kappa shape index (κ3) is 1510. The van der Waals surface area contributed by atoms with E-state index in [0.717, 1.165) is 20.4 Å². The molecule has 0 radical (unpaired) electrons. The van der Waals surface area contributed by atoms with Crippen LogP contribution in [0.1, 0.15) is 25.1 Å². The predicted octanol–water partition coefficient (Wildman–Crippen LogP) is 1.37. The standard InChI is InChI=1S/CH4O2.CH2O.3CH4.CH3.H2O3.9H2O2.H2O.3O.24Ti/c1-3-2;1-2;;;;;1-3-2;9*1-2;;;;;;;;;;;;;;;;;;;;;;;;;;;;/h2H,1H3;1H2;3*1H4;1H3;1-2H;9*1-2H;1H2;;;;;;;;;;;;;;;;;;;;;;;;;;;/q;;;;;-1;;;;;;;;;;;;;;;;;;;;;;;;;;;;;;;;;;;;;;/p+2. The maximum absolute atomic E-state index is 8.50. The van der Waals surface area contributed by atoms with Gasteiger partial charge < -0.3 is 17.7 Å². The Bertz CT molecular complexity index is 145. The van der Waals surface area contributed by atoms with Crippen molar-refractivity contribution >= 4 is 6.79 Å². The number of rotatable bonds is 0. The van der Waals surface area contributed by atoms with Gasteiger partial charge in [0.2, 0.25) is 0 Å². The molecule has 0 fully saturated rings. The van der Waals surface area contributed by atoms with Gasteiger partial charge in [-0.1, -0.05) is 27.3 Å². The zero-order valence-electron chi connectivity index (χ0n) is 29.0. The summed E-state index contributed by atoms with van der Waals surface area (Å²) in [6.07, 6.45) is 0. The van der Waals surface area contributed by atoms with Crippen molar-refractivity contribution in [2.24, 2.45) is 0 Å². The molecule has 0 spiro atoms. The second kappa shape index (κ2) is 1100. The van der Waals surface area contributed by atoms with Crippen molar-refractivity contribution in [2.45, 2.75) is 22.3 Å². The third-order valence-electron chi connectivity index (χ3n) is 0. The van der Waals surface area contributed by atoms with Gasteiger partial charge in [-0.15, -0.1) is 0 Å². The second-order valence-electron chi connectivity index (χ2n) is 0.348. The fourth-order valence-corrected chi connectivity index (χ4v) is 0. The molecular weight excluding hydrogens is 1670 g/mol. The molecule has 0 aromatic heterocycles. The van der Waals surface area contributed by atoms with Crippen molar-refractivity contribution < 1.29 is 661 Å². The average Bonchev–Trinajstić information content (AvgIpc) is 2.93. The van der Waals surface area contributed by atoms with Crippen molar-refractivity contribution in [1.29, 1.82) is 0 Å². The monoisotopic (exact) mass is 1720 g/mol. The fourth-order valence-electron chi connectivity index (χ4n) is 0. The minimum absolute atomic E-state index is 0. The Morgan fingerprint density at radius 2 is 0.362 bits per heavy atom. The van der Waals surface area contributed by atoms with E-state index in [1.807, 2.05) is 6.79 Å². The molecule has 0 aliphatic carbocycles. The van der Waals surface area contributed by atoms with Crippen LogP contribution in [0.25, 0.3) is 0 Å². The van der Waals surface area contributed by atoms with Crippen molar-refractivity contribution in [3.63, 3.8) is 0 Å². The van der Waals surface area contributed by atoms with Crippen LogP contribution in [0.2, 0.25) is 0 Å². The second-order valence-corrected chi connectivity index (χ2v) is 0.608. The van der Waals surface area contributed by atoms with Gasteiger partial charge in [0.25, 0.3) is 0 Å². The fraction of sp³-hybridized carbons (Fsp3) is 0.667. The van der Waals surface area contributed by atoms with Crippen LogP contribution in [0.3, 0.4) is 0 Å². The van der Waals surface area contributed by atoms with Gasteiger partial charge in [-0.05, 0) is 0 Å². The van der Waals surface area contributed by atoms with Crippen LogP contribution in [-0.4, -0.2) is 130 Å². The summed E-state index contributed by atoms with van der Waals surface area (Å²) < 4.78 is 25.2. The molecule has 0 aliphatic rings. The molecule has 0 heterocycles. The summed E-state index contributed by atoms with van der Waals surface area (Å²) >= 11 is -1.25. The summed E-state index contributed by atoms with van der Waals surface area (Å²) in [7, 11) is 1.18. The molecule has 0 amide bonds. The quantitative estimate of drug-likeness (QED) is 0.0705. The Balaban J connectivity index is -0.00000000122. The van der Waals surface area contributed by atoms with Crippen molar-refractivity contribution in [3.05, 3.63) is 7.43 Å². The van der Waals surface area contributed by atoms with Crippen LogP contribution in [0.15, 0.2) is 0 Å². The number of carbonyl (C=O) groups is 1.